The molecule has 0 radical (unpaired) electrons. The molecule has 0 aliphatic carbocycles. The predicted molar refractivity (Wildman–Crippen MR) is 80.0 cm³/mol. The van der Waals surface area contributed by atoms with Crippen LogP contribution in [0.4, 0.5) is 11.4 Å². The van der Waals surface area contributed by atoms with Crippen molar-refractivity contribution in [3.63, 3.8) is 0 Å². The lowest BCUT2D eigenvalue weighted by molar-refractivity contribution is -0.383. The van der Waals surface area contributed by atoms with E-state index in [-0.39, 0.29) is 36.0 Å². The monoisotopic (exact) mass is 323 g/mol. The number of nitro benzene ring substituents is 1. The Bertz CT molecular complexity index is 647. The molecule has 23 heavy (non-hydrogen) atoms. The smallest absolute Gasteiger partial charge is 0.305 e. The van der Waals surface area contributed by atoms with E-state index in [1.807, 2.05) is 0 Å². The van der Waals surface area contributed by atoms with Crippen LogP contribution in [0, 0.1) is 10.1 Å². The molecule has 1 fully saturated rings. The number of carboxylic acids is 1. The highest BCUT2D eigenvalue weighted by molar-refractivity contribution is 5.96. The first-order valence-corrected chi connectivity index (χ1v) is 6.93. The number of aliphatic carboxylic acids is 1. The number of nitrogens with zero attached hydrogens (tertiary/aromatic N) is 2. The lowest BCUT2D eigenvalue weighted by atomic mass is 10.1. The van der Waals surface area contributed by atoms with Crippen LogP contribution in [-0.2, 0) is 9.53 Å². The van der Waals surface area contributed by atoms with Crippen molar-refractivity contribution in [1.29, 1.82) is 0 Å². The summed E-state index contributed by atoms with van der Waals surface area (Å²) in [6.45, 7) is 0.242. The molecule has 1 aromatic rings. The number of likely N-dealkylation sites (tertiary alicyclic amines) is 1. The highest BCUT2D eigenvalue weighted by Gasteiger charge is 2.37. The van der Waals surface area contributed by atoms with E-state index in [2.05, 4.69) is 0 Å². The number of nitrogen functional groups attached to an aromatic ring is 1. The fourth-order valence-corrected chi connectivity index (χ4v) is 2.69. The summed E-state index contributed by atoms with van der Waals surface area (Å²) in [5, 5.41) is 19.9. The van der Waals surface area contributed by atoms with Crippen LogP contribution in [0.25, 0.3) is 0 Å². The molecule has 2 atom stereocenters. The third-order valence-corrected chi connectivity index (χ3v) is 3.85. The van der Waals surface area contributed by atoms with E-state index in [0.717, 1.165) is 6.07 Å². The molecule has 1 heterocycles. The van der Waals surface area contributed by atoms with Gasteiger partial charge in [-0.2, -0.15) is 0 Å². The number of carbonyl (C=O) groups is 2. The zero-order valence-electron chi connectivity index (χ0n) is 12.5. The maximum atomic E-state index is 12.6. The minimum atomic E-state index is -1.02. The Labute approximate surface area is 131 Å². The Morgan fingerprint density at radius 3 is 2.78 bits per heavy atom. The Hall–Kier alpha value is -2.68. The van der Waals surface area contributed by atoms with E-state index >= 15 is 0 Å². The Morgan fingerprint density at radius 2 is 2.22 bits per heavy atom. The molecular formula is C14H17N3O6. The Morgan fingerprint density at radius 1 is 1.52 bits per heavy atom. The number of carbonyl (C=O) groups excluding carboxylic acids is 1. The van der Waals surface area contributed by atoms with E-state index in [4.69, 9.17) is 15.6 Å². The average molecular weight is 323 g/mol. The number of ether oxygens (including phenoxy) is 1. The van der Waals surface area contributed by atoms with Crippen molar-refractivity contribution < 1.29 is 24.4 Å². The number of methoxy groups -OCH3 is 1. The van der Waals surface area contributed by atoms with E-state index in [1.54, 1.807) is 0 Å². The maximum Gasteiger partial charge on any atom is 0.305 e. The second-order valence-electron chi connectivity index (χ2n) is 5.33. The Balaban J connectivity index is 2.28. The SMILES string of the molecule is COC1CC(CC(=O)O)N(C(=O)c2ccc(N)c([N+](=O)[O-])c2)C1. The number of nitrogens with two attached hydrogens (primary N) is 1. The molecule has 0 spiro atoms. The number of hydrogen-bond acceptors (Lipinski definition) is 6. The van der Waals surface area contributed by atoms with E-state index in [9.17, 15) is 19.7 Å². The quantitative estimate of drug-likeness (QED) is 0.466. The number of carboxylic acid groups (broad SMARTS) is 1. The minimum absolute atomic E-state index is 0.0372. The zero-order chi connectivity index (χ0) is 17.1. The minimum Gasteiger partial charge on any atom is -0.481 e. The van der Waals surface area contributed by atoms with Crippen LogP contribution in [-0.4, -0.2) is 52.6 Å². The van der Waals surface area contributed by atoms with Crippen molar-refractivity contribution in [2.24, 2.45) is 0 Å². The summed E-state index contributed by atoms with van der Waals surface area (Å²) >= 11 is 0. The molecule has 3 N–H and O–H groups in total. The molecule has 2 unspecified atom stereocenters. The van der Waals surface area contributed by atoms with Crippen molar-refractivity contribution in [2.75, 3.05) is 19.4 Å². The molecule has 1 aliphatic heterocycles. The van der Waals surface area contributed by atoms with Crippen LogP contribution in [0.5, 0.6) is 0 Å². The van der Waals surface area contributed by atoms with E-state index in [0.29, 0.717) is 6.42 Å². The standard InChI is InChI=1S/C14H17N3O6/c1-23-10-5-9(6-13(18)19)16(7-10)14(20)8-2-3-11(15)12(4-8)17(21)22/h2-4,9-10H,5-7,15H2,1H3,(H,18,19). The molecule has 1 aromatic carbocycles. The molecule has 9 heteroatoms. The van der Waals surface area contributed by atoms with Crippen molar-refractivity contribution in [3.05, 3.63) is 33.9 Å². The van der Waals surface area contributed by atoms with Gasteiger partial charge in [-0.3, -0.25) is 19.7 Å². The second kappa shape index (κ2) is 6.61. The zero-order valence-corrected chi connectivity index (χ0v) is 12.5. The van der Waals surface area contributed by atoms with Gasteiger partial charge in [0.15, 0.2) is 0 Å². The van der Waals surface area contributed by atoms with Crippen LogP contribution < -0.4 is 5.73 Å². The molecule has 124 valence electrons. The fraction of sp³-hybridized carbons (Fsp3) is 0.429. The van der Waals surface area contributed by atoms with Gasteiger partial charge in [0.05, 0.1) is 17.4 Å². The highest BCUT2D eigenvalue weighted by atomic mass is 16.6. The summed E-state index contributed by atoms with van der Waals surface area (Å²) in [6.07, 6.45) is -0.0547. The van der Waals surface area contributed by atoms with Gasteiger partial charge in [0, 0.05) is 31.3 Å². The van der Waals surface area contributed by atoms with Crippen LogP contribution >= 0.6 is 0 Å². The normalized spacial score (nSPS) is 20.5. The summed E-state index contributed by atoms with van der Waals surface area (Å²) < 4.78 is 5.21. The van der Waals surface area contributed by atoms with Gasteiger partial charge >= 0.3 is 5.97 Å². The van der Waals surface area contributed by atoms with Crippen LogP contribution in [0.15, 0.2) is 18.2 Å². The van der Waals surface area contributed by atoms with Gasteiger partial charge in [-0.25, -0.2) is 0 Å². The van der Waals surface area contributed by atoms with Gasteiger partial charge in [0.2, 0.25) is 0 Å². The molecular weight excluding hydrogens is 306 g/mol. The largest absolute Gasteiger partial charge is 0.481 e. The molecule has 1 amide bonds. The lowest BCUT2D eigenvalue weighted by Gasteiger charge is -2.23. The van der Waals surface area contributed by atoms with Crippen molar-refractivity contribution in [3.8, 4) is 0 Å². The summed E-state index contributed by atoms with van der Waals surface area (Å²) in [5.74, 6) is -1.49. The summed E-state index contributed by atoms with van der Waals surface area (Å²) in [7, 11) is 1.49. The number of anilines is 1. The number of rotatable bonds is 5. The first kappa shape index (κ1) is 16.7. The van der Waals surface area contributed by atoms with Crippen molar-refractivity contribution in [2.45, 2.75) is 25.0 Å². The highest BCUT2D eigenvalue weighted by Crippen LogP contribution is 2.27. The average Bonchev–Trinajstić information content (AvgIpc) is 2.89. The molecule has 0 bridgehead atoms. The predicted octanol–water partition coefficient (Wildman–Crippen LogP) is 0.881. The number of amides is 1. The van der Waals surface area contributed by atoms with Gasteiger partial charge in [0.1, 0.15) is 5.69 Å². The molecule has 9 nitrogen and oxygen atoms in total. The first-order chi connectivity index (χ1) is 10.8. The molecule has 0 saturated carbocycles. The number of hydrogen-bond donors (Lipinski definition) is 2. The summed E-state index contributed by atoms with van der Waals surface area (Å²) in [5.41, 5.74) is 5.22. The summed E-state index contributed by atoms with van der Waals surface area (Å²) in [4.78, 5) is 35.2. The van der Waals surface area contributed by atoms with Gasteiger partial charge < -0.3 is 20.5 Å². The van der Waals surface area contributed by atoms with Gasteiger partial charge in [-0.1, -0.05) is 0 Å². The molecule has 0 aromatic heterocycles. The van der Waals surface area contributed by atoms with Crippen molar-refractivity contribution in [1.82, 2.24) is 4.90 Å². The maximum absolute atomic E-state index is 12.6. The molecule has 2 rings (SSSR count). The fourth-order valence-electron chi connectivity index (χ4n) is 2.69. The number of benzene rings is 1. The number of nitro groups is 1. The second-order valence-corrected chi connectivity index (χ2v) is 5.33. The summed E-state index contributed by atoms with van der Waals surface area (Å²) in [6, 6.07) is 3.28. The molecule has 1 saturated heterocycles. The van der Waals surface area contributed by atoms with Crippen molar-refractivity contribution >= 4 is 23.3 Å². The first-order valence-electron chi connectivity index (χ1n) is 6.93. The van der Waals surface area contributed by atoms with Crippen LogP contribution in [0.3, 0.4) is 0 Å². The van der Waals surface area contributed by atoms with E-state index in [1.165, 1.54) is 24.1 Å². The topological polar surface area (TPSA) is 136 Å². The third-order valence-electron chi connectivity index (χ3n) is 3.85. The van der Waals surface area contributed by atoms with Crippen LogP contribution in [0.2, 0.25) is 0 Å². The van der Waals surface area contributed by atoms with Gasteiger partial charge in [0.25, 0.3) is 11.6 Å². The lowest BCUT2D eigenvalue weighted by Crippen LogP contribution is -2.37. The Kier molecular flexibility index (Phi) is 4.80. The van der Waals surface area contributed by atoms with Gasteiger partial charge in [-0.05, 0) is 18.6 Å². The third kappa shape index (κ3) is 3.57. The van der Waals surface area contributed by atoms with Crippen LogP contribution in [0.1, 0.15) is 23.2 Å². The van der Waals surface area contributed by atoms with Gasteiger partial charge in [-0.15, -0.1) is 0 Å². The molecule has 1 aliphatic rings. The van der Waals surface area contributed by atoms with E-state index < -0.39 is 22.8 Å².